The van der Waals surface area contributed by atoms with E-state index in [0.29, 0.717) is 17.0 Å². The molecule has 2 heterocycles. The van der Waals surface area contributed by atoms with Gasteiger partial charge in [-0.15, -0.1) is 5.10 Å². The van der Waals surface area contributed by atoms with Crippen LogP contribution in [0.3, 0.4) is 0 Å². The van der Waals surface area contributed by atoms with Crippen LogP contribution in [0.1, 0.15) is 28.7 Å². The average molecular weight is 328 g/mol. The Morgan fingerprint density at radius 2 is 2.29 bits per heavy atom. The summed E-state index contributed by atoms with van der Waals surface area (Å²) in [5.41, 5.74) is 0.229. The zero-order valence-electron chi connectivity index (χ0n) is 10.9. The number of carbonyl (C=O) groups is 1. The van der Waals surface area contributed by atoms with Gasteiger partial charge < -0.3 is 0 Å². The number of nitro groups is 1. The van der Waals surface area contributed by atoms with Crippen LogP contribution in [0.5, 0.6) is 0 Å². The highest BCUT2D eigenvalue weighted by atomic mass is 35.5. The maximum Gasteiger partial charge on any atom is 0.311 e. The minimum atomic E-state index is -0.642. The number of carbonyl (C=O) groups excluding carboxylic acids is 1. The van der Waals surface area contributed by atoms with Crippen LogP contribution in [-0.2, 0) is 6.42 Å². The summed E-state index contributed by atoms with van der Waals surface area (Å²) in [6.07, 6.45) is 1.41. The number of amides is 1. The van der Waals surface area contributed by atoms with Gasteiger partial charge in [0, 0.05) is 6.07 Å². The van der Waals surface area contributed by atoms with Crippen molar-refractivity contribution in [2.24, 2.45) is 0 Å². The second kappa shape index (κ2) is 6.55. The molecule has 0 saturated carbocycles. The lowest BCUT2D eigenvalue weighted by molar-refractivity contribution is -0.384. The molecule has 0 bridgehead atoms. The number of anilines is 1. The molecule has 0 atom stereocenters. The molecule has 21 heavy (non-hydrogen) atoms. The average Bonchev–Trinajstić information content (AvgIpc) is 2.87. The van der Waals surface area contributed by atoms with Crippen LogP contribution in [0.2, 0.25) is 5.15 Å². The van der Waals surface area contributed by atoms with Crippen LogP contribution in [0.15, 0.2) is 12.1 Å². The van der Waals surface area contributed by atoms with Crippen molar-refractivity contribution < 1.29 is 9.72 Å². The minimum Gasteiger partial charge on any atom is -0.300 e. The molecule has 0 aliphatic heterocycles. The van der Waals surface area contributed by atoms with Gasteiger partial charge in [0.2, 0.25) is 5.82 Å². The van der Waals surface area contributed by atoms with Crippen LogP contribution >= 0.6 is 23.1 Å². The topological polar surface area (TPSA) is 111 Å². The van der Waals surface area contributed by atoms with Crippen molar-refractivity contribution in [2.45, 2.75) is 19.8 Å². The molecule has 0 radical (unpaired) electrons. The van der Waals surface area contributed by atoms with Crippen LogP contribution in [0, 0.1) is 10.1 Å². The van der Waals surface area contributed by atoms with Gasteiger partial charge in [-0.05, 0) is 24.0 Å². The van der Waals surface area contributed by atoms with Gasteiger partial charge in [0.15, 0.2) is 0 Å². The molecule has 0 saturated heterocycles. The summed E-state index contributed by atoms with van der Waals surface area (Å²) >= 11 is 6.64. The quantitative estimate of drug-likeness (QED) is 0.513. The summed E-state index contributed by atoms with van der Waals surface area (Å²) in [6.45, 7) is 1.95. The molecule has 1 amide bonds. The first-order valence-electron chi connectivity index (χ1n) is 5.96. The smallest absolute Gasteiger partial charge is 0.300 e. The Labute approximate surface area is 128 Å². The Kier molecular flexibility index (Phi) is 4.76. The number of aromatic nitrogens is 3. The van der Waals surface area contributed by atoms with Gasteiger partial charge in [-0.2, -0.15) is 0 Å². The largest absolute Gasteiger partial charge is 0.311 e. The lowest BCUT2D eigenvalue weighted by atomic mass is 10.2. The standard InChI is InChI=1S/C11H10ClN5O3S/c1-2-3-6-9(21-16-15-6)11(18)14-10-7(17(19)20)4-5-8(12)13-10/h4-5H,2-3H2,1H3,(H,13,14,18). The first-order valence-corrected chi connectivity index (χ1v) is 7.11. The number of hydrogen-bond acceptors (Lipinski definition) is 7. The third-order valence-corrected chi connectivity index (χ3v) is 3.49. The Morgan fingerprint density at radius 3 is 2.95 bits per heavy atom. The predicted octanol–water partition coefficient (Wildman–Crippen LogP) is 2.70. The van der Waals surface area contributed by atoms with Crippen LogP contribution in [-0.4, -0.2) is 25.4 Å². The third kappa shape index (κ3) is 3.50. The molecule has 2 aromatic heterocycles. The first-order chi connectivity index (χ1) is 10.0. The lowest BCUT2D eigenvalue weighted by Gasteiger charge is -2.04. The van der Waals surface area contributed by atoms with E-state index in [9.17, 15) is 14.9 Å². The molecule has 8 nitrogen and oxygen atoms in total. The van der Waals surface area contributed by atoms with Crippen molar-refractivity contribution in [3.05, 3.63) is 38.0 Å². The fraction of sp³-hybridized carbons (Fsp3) is 0.273. The first kappa shape index (κ1) is 15.3. The van der Waals surface area contributed by atoms with Crippen LogP contribution < -0.4 is 5.32 Å². The van der Waals surface area contributed by atoms with Crippen LogP contribution in [0.4, 0.5) is 11.5 Å². The SMILES string of the molecule is CCCc1nnsc1C(=O)Nc1nc(Cl)ccc1[N+](=O)[O-]. The van der Waals surface area contributed by atoms with E-state index in [0.717, 1.165) is 18.0 Å². The van der Waals surface area contributed by atoms with E-state index < -0.39 is 10.8 Å². The molecule has 0 aliphatic rings. The second-order valence-corrected chi connectivity index (χ2v) is 5.15. The summed E-state index contributed by atoms with van der Waals surface area (Å²) < 4.78 is 3.73. The minimum absolute atomic E-state index is 0.0483. The molecule has 0 aliphatic carbocycles. The summed E-state index contributed by atoms with van der Waals surface area (Å²) in [4.78, 5) is 26.5. The highest BCUT2D eigenvalue weighted by Gasteiger charge is 2.22. The number of rotatable bonds is 5. The molecule has 1 N–H and O–H groups in total. The molecule has 110 valence electrons. The lowest BCUT2D eigenvalue weighted by Crippen LogP contribution is -2.15. The van der Waals surface area contributed by atoms with E-state index in [1.807, 2.05) is 6.92 Å². The van der Waals surface area contributed by atoms with E-state index in [-0.39, 0.29) is 16.7 Å². The van der Waals surface area contributed by atoms with Gasteiger partial charge in [-0.25, -0.2) is 4.98 Å². The summed E-state index contributed by atoms with van der Waals surface area (Å²) in [5, 5.41) is 17.2. The fourth-order valence-corrected chi connectivity index (χ4v) is 2.36. The fourth-order valence-electron chi connectivity index (χ4n) is 1.61. The van der Waals surface area contributed by atoms with Gasteiger partial charge >= 0.3 is 5.69 Å². The van der Waals surface area contributed by atoms with Gasteiger partial charge in [0.25, 0.3) is 5.91 Å². The Balaban J connectivity index is 2.29. The van der Waals surface area contributed by atoms with E-state index >= 15 is 0 Å². The Hall–Kier alpha value is -2.13. The number of aryl methyl sites for hydroxylation is 1. The number of halogens is 1. The van der Waals surface area contributed by atoms with E-state index in [1.165, 1.54) is 12.1 Å². The summed E-state index contributed by atoms with van der Waals surface area (Å²) in [6, 6.07) is 2.47. The second-order valence-electron chi connectivity index (χ2n) is 4.01. The van der Waals surface area contributed by atoms with Crippen molar-refractivity contribution in [1.29, 1.82) is 0 Å². The molecular weight excluding hydrogens is 318 g/mol. The molecular formula is C11H10ClN5O3S. The number of nitrogens with zero attached hydrogens (tertiary/aromatic N) is 4. The zero-order valence-corrected chi connectivity index (χ0v) is 12.4. The highest BCUT2D eigenvalue weighted by molar-refractivity contribution is 7.08. The summed E-state index contributed by atoms with van der Waals surface area (Å²) in [7, 11) is 0. The van der Waals surface area contributed by atoms with Crippen molar-refractivity contribution in [2.75, 3.05) is 5.32 Å². The molecule has 2 rings (SSSR count). The predicted molar refractivity (Wildman–Crippen MR) is 77.8 cm³/mol. The molecule has 0 spiro atoms. The van der Waals surface area contributed by atoms with Crippen molar-refractivity contribution in [3.63, 3.8) is 0 Å². The van der Waals surface area contributed by atoms with E-state index in [2.05, 4.69) is 19.9 Å². The van der Waals surface area contributed by atoms with E-state index in [4.69, 9.17) is 11.6 Å². The monoisotopic (exact) mass is 327 g/mol. The molecule has 10 heteroatoms. The normalized spacial score (nSPS) is 10.4. The number of nitrogens with one attached hydrogen (secondary N) is 1. The third-order valence-electron chi connectivity index (χ3n) is 2.52. The zero-order chi connectivity index (χ0) is 15.4. The molecule has 2 aromatic rings. The van der Waals surface area contributed by atoms with Gasteiger partial charge in [0.1, 0.15) is 10.0 Å². The molecule has 0 aromatic carbocycles. The van der Waals surface area contributed by atoms with Gasteiger partial charge in [0.05, 0.1) is 10.6 Å². The van der Waals surface area contributed by atoms with Crippen molar-refractivity contribution in [1.82, 2.24) is 14.6 Å². The Bertz CT molecular complexity index is 690. The number of pyridine rings is 1. The van der Waals surface area contributed by atoms with E-state index in [1.54, 1.807) is 0 Å². The molecule has 0 fully saturated rings. The number of hydrogen-bond donors (Lipinski definition) is 1. The maximum absolute atomic E-state index is 12.2. The summed E-state index contributed by atoms with van der Waals surface area (Å²) in [5.74, 6) is -0.736. The molecule has 0 unspecified atom stereocenters. The van der Waals surface area contributed by atoms with Crippen LogP contribution in [0.25, 0.3) is 0 Å². The Morgan fingerprint density at radius 1 is 1.52 bits per heavy atom. The van der Waals surface area contributed by atoms with Crippen molar-refractivity contribution in [3.8, 4) is 0 Å². The highest BCUT2D eigenvalue weighted by Crippen LogP contribution is 2.25. The maximum atomic E-state index is 12.2. The van der Waals surface area contributed by atoms with Gasteiger partial charge in [-0.1, -0.05) is 29.4 Å². The van der Waals surface area contributed by atoms with Crippen molar-refractivity contribution >= 4 is 40.5 Å². The van der Waals surface area contributed by atoms with Gasteiger partial charge in [-0.3, -0.25) is 20.2 Å².